The lowest BCUT2D eigenvalue weighted by atomic mass is 9.80. The van der Waals surface area contributed by atoms with Gasteiger partial charge in [-0.1, -0.05) is 57.2 Å². The predicted octanol–water partition coefficient (Wildman–Crippen LogP) is 3.31. The molecule has 0 aliphatic carbocycles. The van der Waals surface area contributed by atoms with E-state index in [0.717, 1.165) is 0 Å². The van der Waals surface area contributed by atoms with Crippen molar-refractivity contribution in [2.24, 2.45) is 11.3 Å². The van der Waals surface area contributed by atoms with Crippen LogP contribution in [0.3, 0.4) is 0 Å². The normalized spacial score (nSPS) is 14.3. The second-order valence-corrected chi connectivity index (χ2v) is 12.2. The molecule has 0 fully saturated rings. The van der Waals surface area contributed by atoms with Gasteiger partial charge in [-0.25, -0.2) is 16.8 Å². The number of rotatable bonds is 7. The topological polar surface area (TPSA) is 88.5 Å². The van der Waals surface area contributed by atoms with Crippen molar-refractivity contribution in [1.29, 1.82) is 0 Å². The van der Waals surface area contributed by atoms with Crippen LogP contribution in [0.15, 0.2) is 70.5 Å². The molecule has 0 aliphatic rings. The number of benzene rings is 2. The van der Waals surface area contributed by atoms with Crippen LogP contribution >= 0.6 is 0 Å². The highest BCUT2D eigenvalue weighted by Crippen LogP contribution is 2.36. The van der Waals surface area contributed by atoms with E-state index in [1.807, 2.05) is 20.8 Å². The zero-order valence-electron chi connectivity index (χ0n) is 15.7. The highest BCUT2D eigenvalue weighted by molar-refractivity contribution is 8.09. The van der Waals surface area contributed by atoms with E-state index >= 15 is 0 Å². The van der Waals surface area contributed by atoms with Crippen molar-refractivity contribution in [3.63, 3.8) is 0 Å². The highest BCUT2D eigenvalue weighted by Gasteiger charge is 2.43. The molecule has 0 spiro atoms. The molecule has 1 atom stereocenters. The minimum Gasteiger partial charge on any atom is -0.396 e. The predicted molar refractivity (Wildman–Crippen MR) is 106 cm³/mol. The zero-order valence-corrected chi connectivity index (χ0v) is 17.4. The molecular weight excluding hydrogens is 384 g/mol. The Bertz CT molecular complexity index is 875. The minimum absolute atomic E-state index is 0.0416. The molecule has 2 aromatic carbocycles. The summed E-state index contributed by atoms with van der Waals surface area (Å²) in [6.07, 6.45) is -0.186. The molecule has 0 aromatic heterocycles. The van der Waals surface area contributed by atoms with Gasteiger partial charge in [-0.2, -0.15) is 0 Å². The molecule has 0 amide bonds. The molecule has 0 unspecified atom stereocenters. The summed E-state index contributed by atoms with van der Waals surface area (Å²) < 4.78 is 51.4. The van der Waals surface area contributed by atoms with E-state index in [9.17, 15) is 21.9 Å². The largest absolute Gasteiger partial charge is 0.396 e. The van der Waals surface area contributed by atoms with Gasteiger partial charge in [0.15, 0.2) is 24.3 Å². The van der Waals surface area contributed by atoms with Crippen LogP contribution in [0.2, 0.25) is 0 Å². The fourth-order valence-corrected chi connectivity index (χ4v) is 7.53. The van der Waals surface area contributed by atoms with E-state index in [-0.39, 0.29) is 22.8 Å². The Labute approximate surface area is 161 Å². The maximum absolute atomic E-state index is 13.3. The van der Waals surface area contributed by atoms with E-state index in [1.165, 1.54) is 24.3 Å². The van der Waals surface area contributed by atoms with Gasteiger partial charge < -0.3 is 5.11 Å². The average Bonchev–Trinajstić information content (AvgIpc) is 2.62. The Kier molecular flexibility index (Phi) is 6.50. The second kappa shape index (κ2) is 8.12. The molecule has 0 heterocycles. The van der Waals surface area contributed by atoms with Crippen molar-refractivity contribution in [1.82, 2.24) is 0 Å². The van der Waals surface area contributed by atoms with Crippen molar-refractivity contribution >= 4 is 19.7 Å². The quantitative estimate of drug-likeness (QED) is 0.756. The highest BCUT2D eigenvalue weighted by atomic mass is 32.3. The summed E-state index contributed by atoms with van der Waals surface area (Å²) in [5.74, 6) is -0.500. The summed E-state index contributed by atoms with van der Waals surface area (Å²) in [6.45, 7) is 5.27. The van der Waals surface area contributed by atoms with Crippen molar-refractivity contribution in [2.45, 2.75) is 41.6 Å². The Hall–Kier alpha value is -1.70. The van der Waals surface area contributed by atoms with Crippen LogP contribution in [0, 0.1) is 11.3 Å². The first-order valence-electron chi connectivity index (χ1n) is 8.70. The number of sulfone groups is 2. The molecule has 0 saturated heterocycles. The summed E-state index contributed by atoms with van der Waals surface area (Å²) in [6, 6.07) is 15.2. The van der Waals surface area contributed by atoms with Crippen LogP contribution in [0.4, 0.5) is 0 Å². The van der Waals surface area contributed by atoms with Crippen LogP contribution in [0.25, 0.3) is 0 Å². The molecule has 0 radical (unpaired) electrons. The van der Waals surface area contributed by atoms with Crippen molar-refractivity contribution in [2.75, 3.05) is 6.61 Å². The fraction of sp³-hybridized carbons (Fsp3) is 0.400. The summed E-state index contributed by atoms with van der Waals surface area (Å²) in [5, 5.41) is 9.79. The van der Waals surface area contributed by atoms with Gasteiger partial charge in [0.2, 0.25) is 0 Å². The third-order valence-electron chi connectivity index (χ3n) is 4.76. The van der Waals surface area contributed by atoms with Crippen LogP contribution in [0.5, 0.6) is 0 Å². The number of aliphatic hydroxyl groups excluding tert-OH is 1. The van der Waals surface area contributed by atoms with Crippen LogP contribution in [0.1, 0.15) is 27.2 Å². The van der Waals surface area contributed by atoms with Gasteiger partial charge in [-0.3, -0.25) is 0 Å². The molecule has 7 heteroatoms. The Morgan fingerprint density at radius 2 is 1.15 bits per heavy atom. The lowest BCUT2D eigenvalue weighted by Gasteiger charge is -2.32. The van der Waals surface area contributed by atoms with Crippen LogP contribution in [-0.4, -0.2) is 33.1 Å². The molecule has 1 N–H and O–H groups in total. The Morgan fingerprint density at radius 3 is 1.44 bits per heavy atom. The molecular formula is C20H26O5S2. The summed E-state index contributed by atoms with van der Waals surface area (Å²) in [7, 11) is -8.34. The second-order valence-electron chi connectivity index (χ2n) is 7.63. The first kappa shape index (κ1) is 21.6. The molecule has 148 valence electrons. The number of hydrogen-bond acceptors (Lipinski definition) is 5. The number of hydrogen-bond donors (Lipinski definition) is 1. The zero-order chi connectivity index (χ0) is 20.3. The van der Waals surface area contributed by atoms with Gasteiger partial charge in [-0.15, -0.1) is 0 Å². The Morgan fingerprint density at radius 1 is 0.778 bits per heavy atom. The lowest BCUT2D eigenvalue weighted by Crippen LogP contribution is -2.37. The van der Waals surface area contributed by atoms with Gasteiger partial charge >= 0.3 is 0 Å². The molecule has 0 aliphatic heterocycles. The third kappa shape index (κ3) is 4.78. The van der Waals surface area contributed by atoms with Gasteiger partial charge in [0.25, 0.3) is 0 Å². The molecule has 27 heavy (non-hydrogen) atoms. The van der Waals surface area contributed by atoms with E-state index in [0.29, 0.717) is 0 Å². The smallest absolute Gasteiger partial charge is 0.195 e. The minimum atomic E-state index is -4.17. The first-order valence-corrected chi connectivity index (χ1v) is 11.8. The van der Waals surface area contributed by atoms with Gasteiger partial charge in [-0.05, 0) is 42.0 Å². The average molecular weight is 411 g/mol. The van der Waals surface area contributed by atoms with Crippen LogP contribution in [-0.2, 0) is 19.7 Å². The van der Waals surface area contributed by atoms with Crippen molar-refractivity contribution in [3.05, 3.63) is 60.7 Å². The first-order chi connectivity index (χ1) is 12.5. The SMILES string of the molecule is CC(C)(C)[C@@H](CO)CC(S(=O)(=O)c1ccccc1)S(=O)(=O)c1ccccc1. The lowest BCUT2D eigenvalue weighted by molar-refractivity contribution is 0.126. The third-order valence-corrected chi connectivity index (χ3v) is 9.91. The standard InChI is InChI=1S/C20H26O5S2/c1-20(2,3)16(15-21)14-19(26(22,23)17-10-6-4-7-11-17)27(24,25)18-12-8-5-9-13-18/h4-13,16,19,21H,14-15H2,1-3H3/t16-/m1/s1. The fourth-order valence-electron chi connectivity index (χ4n) is 2.88. The maximum Gasteiger partial charge on any atom is 0.195 e. The molecule has 5 nitrogen and oxygen atoms in total. The van der Waals surface area contributed by atoms with E-state index in [2.05, 4.69) is 0 Å². The van der Waals surface area contributed by atoms with Gasteiger partial charge in [0.05, 0.1) is 9.79 Å². The molecule has 0 saturated carbocycles. The molecule has 2 aromatic rings. The van der Waals surface area contributed by atoms with E-state index in [4.69, 9.17) is 0 Å². The summed E-state index contributed by atoms with van der Waals surface area (Å²) >= 11 is 0. The van der Waals surface area contributed by atoms with Crippen LogP contribution < -0.4 is 0 Å². The monoisotopic (exact) mass is 410 g/mol. The van der Waals surface area contributed by atoms with Gasteiger partial charge in [0.1, 0.15) is 0 Å². The number of aliphatic hydroxyl groups is 1. The van der Waals surface area contributed by atoms with Crippen molar-refractivity contribution < 1.29 is 21.9 Å². The molecule has 0 bridgehead atoms. The van der Waals surface area contributed by atoms with Crippen molar-refractivity contribution in [3.8, 4) is 0 Å². The summed E-state index contributed by atoms with van der Waals surface area (Å²) in [4.78, 5) is -0.0831. The van der Waals surface area contributed by atoms with Gasteiger partial charge in [0, 0.05) is 6.61 Å². The van der Waals surface area contributed by atoms with E-state index < -0.39 is 35.6 Å². The molecule has 2 rings (SSSR count). The van der Waals surface area contributed by atoms with E-state index in [1.54, 1.807) is 36.4 Å². The maximum atomic E-state index is 13.3. The Balaban J connectivity index is 2.63. The summed E-state index contributed by atoms with van der Waals surface area (Å²) in [5.41, 5.74) is -0.453.